The van der Waals surface area contributed by atoms with E-state index >= 15 is 0 Å². The summed E-state index contributed by atoms with van der Waals surface area (Å²) < 4.78 is 5.40. The van der Waals surface area contributed by atoms with Crippen molar-refractivity contribution in [2.45, 2.75) is 78.6 Å². The average molecular weight is 322 g/mol. The van der Waals surface area contributed by atoms with E-state index in [2.05, 4.69) is 26.5 Å². The van der Waals surface area contributed by atoms with Gasteiger partial charge < -0.3 is 4.74 Å². The van der Waals surface area contributed by atoms with Crippen molar-refractivity contribution in [3.63, 3.8) is 0 Å². The normalized spacial score (nSPS) is 27.1. The highest BCUT2D eigenvalue weighted by Crippen LogP contribution is 2.59. The van der Waals surface area contributed by atoms with Gasteiger partial charge >= 0.3 is 0 Å². The molecule has 0 aromatic carbocycles. The number of methoxy groups -OCH3 is 1. The van der Waals surface area contributed by atoms with Crippen LogP contribution in [-0.2, 0) is 14.5 Å². The van der Waals surface area contributed by atoms with Crippen molar-refractivity contribution in [3.8, 4) is 0 Å². The molecule has 3 unspecified atom stereocenters. The van der Waals surface area contributed by atoms with Gasteiger partial charge in [0.1, 0.15) is 5.60 Å². The van der Waals surface area contributed by atoms with E-state index < -0.39 is 5.60 Å². The van der Waals surface area contributed by atoms with Crippen LogP contribution in [0.1, 0.15) is 66.7 Å². The first-order chi connectivity index (χ1) is 10.7. The molecule has 0 N–H and O–H groups in total. The molecule has 0 heterocycles. The molecule has 0 saturated heterocycles. The molecule has 0 spiro atoms. The van der Waals surface area contributed by atoms with Crippen LogP contribution in [0, 0.1) is 17.3 Å². The van der Waals surface area contributed by atoms with Gasteiger partial charge in [0, 0.05) is 13.5 Å². The van der Waals surface area contributed by atoms with Crippen molar-refractivity contribution >= 4 is 0 Å². The Bertz CT molecular complexity index is 462. The summed E-state index contributed by atoms with van der Waals surface area (Å²) in [6.45, 7) is 14.6. The van der Waals surface area contributed by atoms with Crippen LogP contribution in [0.2, 0.25) is 0 Å². The summed E-state index contributed by atoms with van der Waals surface area (Å²) in [7, 11) is 1.67. The van der Waals surface area contributed by atoms with E-state index in [1.807, 2.05) is 20.8 Å². The first kappa shape index (κ1) is 18.7. The van der Waals surface area contributed by atoms with Crippen molar-refractivity contribution in [1.82, 2.24) is 0 Å². The fourth-order valence-electron chi connectivity index (χ4n) is 3.68. The summed E-state index contributed by atoms with van der Waals surface area (Å²) in [6.07, 6.45) is 7.87. The molecule has 3 atom stereocenters. The van der Waals surface area contributed by atoms with Crippen LogP contribution in [-0.4, -0.2) is 19.0 Å². The van der Waals surface area contributed by atoms with E-state index in [1.165, 1.54) is 12.8 Å². The molecule has 1 fully saturated rings. The van der Waals surface area contributed by atoms with Crippen LogP contribution in [0.3, 0.4) is 0 Å². The summed E-state index contributed by atoms with van der Waals surface area (Å²) in [6, 6.07) is 0. The van der Waals surface area contributed by atoms with Crippen LogP contribution in [0.15, 0.2) is 23.8 Å². The number of ether oxygens (including phenoxy) is 1. The second kappa shape index (κ2) is 7.08. The lowest BCUT2D eigenvalue weighted by molar-refractivity contribution is -0.409. The standard InChI is InChI=1S/C20H34O3/c1-14(2)20(5,6)23-22-18(21-7)10-8-9-15-11-12-16-13-17(15)19(16,3)4/h11,16-18H,1,8-10,12-13H2,2-7H3. The quantitative estimate of drug-likeness (QED) is 0.245. The van der Waals surface area contributed by atoms with Crippen molar-refractivity contribution < 1.29 is 14.5 Å². The summed E-state index contributed by atoms with van der Waals surface area (Å²) >= 11 is 0. The van der Waals surface area contributed by atoms with Crippen LogP contribution >= 0.6 is 0 Å². The van der Waals surface area contributed by atoms with E-state index in [1.54, 1.807) is 12.7 Å². The van der Waals surface area contributed by atoms with Gasteiger partial charge in [0.25, 0.3) is 0 Å². The molecule has 1 saturated carbocycles. The van der Waals surface area contributed by atoms with Crippen LogP contribution in [0.5, 0.6) is 0 Å². The zero-order valence-electron chi connectivity index (χ0n) is 15.8. The van der Waals surface area contributed by atoms with E-state index in [9.17, 15) is 0 Å². The van der Waals surface area contributed by atoms with E-state index in [4.69, 9.17) is 14.5 Å². The van der Waals surface area contributed by atoms with Crippen molar-refractivity contribution in [2.75, 3.05) is 7.11 Å². The van der Waals surface area contributed by atoms with Gasteiger partial charge in [-0.25, -0.2) is 9.78 Å². The molecule has 3 rings (SSSR count). The summed E-state index contributed by atoms with van der Waals surface area (Å²) in [4.78, 5) is 11.0. The highest BCUT2D eigenvalue weighted by molar-refractivity contribution is 5.23. The molecule has 0 radical (unpaired) electrons. The maximum Gasteiger partial charge on any atom is 0.190 e. The molecule has 23 heavy (non-hydrogen) atoms. The molecule has 132 valence electrons. The summed E-state index contributed by atoms with van der Waals surface area (Å²) in [5.41, 5.74) is 2.60. The van der Waals surface area contributed by atoms with Gasteiger partial charge in [0.15, 0.2) is 6.29 Å². The summed E-state index contributed by atoms with van der Waals surface area (Å²) in [5, 5.41) is 0. The minimum atomic E-state index is -0.492. The molecule has 3 aliphatic rings. The van der Waals surface area contributed by atoms with Crippen LogP contribution < -0.4 is 0 Å². The zero-order valence-corrected chi connectivity index (χ0v) is 15.8. The van der Waals surface area contributed by atoms with Crippen molar-refractivity contribution in [1.29, 1.82) is 0 Å². The predicted octanol–water partition coefficient (Wildman–Crippen LogP) is 5.42. The smallest absolute Gasteiger partial charge is 0.190 e. The second-order valence-corrected chi connectivity index (χ2v) is 8.35. The summed E-state index contributed by atoms with van der Waals surface area (Å²) in [5.74, 6) is 1.70. The van der Waals surface area contributed by atoms with Crippen LogP contribution in [0.25, 0.3) is 0 Å². The molecule has 3 nitrogen and oxygen atoms in total. The van der Waals surface area contributed by atoms with Gasteiger partial charge in [-0.1, -0.05) is 32.1 Å². The first-order valence-corrected chi connectivity index (χ1v) is 8.90. The Labute approximate surface area is 142 Å². The number of hydrogen-bond donors (Lipinski definition) is 0. The third-order valence-corrected chi connectivity index (χ3v) is 6.14. The lowest BCUT2D eigenvalue weighted by Crippen LogP contribution is -2.48. The molecule has 3 aliphatic carbocycles. The third-order valence-electron chi connectivity index (χ3n) is 6.14. The highest BCUT2D eigenvalue weighted by Gasteiger charge is 2.50. The van der Waals surface area contributed by atoms with Gasteiger partial charge in [-0.2, -0.15) is 0 Å². The molecule has 3 heteroatoms. The van der Waals surface area contributed by atoms with Gasteiger partial charge in [-0.3, -0.25) is 0 Å². The molecule has 0 aromatic heterocycles. The van der Waals surface area contributed by atoms with Gasteiger partial charge in [-0.15, -0.1) is 0 Å². The maximum absolute atomic E-state index is 5.51. The Morgan fingerprint density at radius 2 is 2.13 bits per heavy atom. The maximum atomic E-state index is 5.51. The number of rotatable bonds is 9. The van der Waals surface area contributed by atoms with Gasteiger partial charge in [-0.05, 0) is 69.3 Å². The fraction of sp³-hybridized carbons (Fsp3) is 0.800. The largest absolute Gasteiger partial charge is 0.353 e. The highest BCUT2D eigenvalue weighted by atomic mass is 17.2. The molecular formula is C20H34O3. The SMILES string of the molecule is C=C(C)C(C)(C)OOC(CCCC1=CCC2CC1C2(C)C)OC. The second-order valence-electron chi connectivity index (χ2n) is 8.35. The molecule has 0 aliphatic heterocycles. The predicted molar refractivity (Wildman–Crippen MR) is 93.8 cm³/mol. The molecular weight excluding hydrogens is 288 g/mol. The van der Waals surface area contributed by atoms with Crippen LogP contribution in [0.4, 0.5) is 0 Å². The minimum Gasteiger partial charge on any atom is -0.353 e. The lowest BCUT2D eigenvalue weighted by atomic mass is 9.48. The number of allylic oxidation sites excluding steroid dienone is 2. The Balaban J connectivity index is 1.74. The number of hydrogen-bond acceptors (Lipinski definition) is 3. The Kier molecular flexibility index (Phi) is 5.76. The Hall–Kier alpha value is -0.640. The van der Waals surface area contributed by atoms with E-state index in [0.717, 1.165) is 36.7 Å². The monoisotopic (exact) mass is 322 g/mol. The molecule has 0 aromatic rings. The van der Waals surface area contributed by atoms with Gasteiger partial charge in [0.2, 0.25) is 0 Å². The lowest BCUT2D eigenvalue weighted by Gasteiger charge is -2.56. The fourth-order valence-corrected chi connectivity index (χ4v) is 3.68. The topological polar surface area (TPSA) is 27.7 Å². The number of fused-ring (bicyclic) bond motifs is 1. The first-order valence-electron chi connectivity index (χ1n) is 8.90. The zero-order chi connectivity index (χ0) is 17.3. The molecule has 0 amide bonds. The van der Waals surface area contributed by atoms with Gasteiger partial charge in [0.05, 0.1) is 0 Å². The van der Waals surface area contributed by atoms with Crippen molar-refractivity contribution in [3.05, 3.63) is 23.8 Å². The minimum absolute atomic E-state index is 0.319. The van der Waals surface area contributed by atoms with E-state index in [-0.39, 0.29) is 6.29 Å². The van der Waals surface area contributed by atoms with Crippen molar-refractivity contribution in [2.24, 2.45) is 17.3 Å². The third kappa shape index (κ3) is 4.07. The Morgan fingerprint density at radius 1 is 1.43 bits per heavy atom. The average Bonchev–Trinajstić information content (AvgIpc) is 2.50. The molecule has 2 bridgehead atoms. The Morgan fingerprint density at radius 3 is 2.65 bits per heavy atom. The van der Waals surface area contributed by atoms with E-state index in [0.29, 0.717) is 5.41 Å².